The van der Waals surface area contributed by atoms with E-state index in [4.69, 9.17) is 0 Å². The summed E-state index contributed by atoms with van der Waals surface area (Å²) in [5, 5.41) is 8.52. The van der Waals surface area contributed by atoms with Gasteiger partial charge in [-0.2, -0.15) is 0 Å². The first-order valence-corrected chi connectivity index (χ1v) is 9.21. The Balaban J connectivity index is 1.78. The number of benzene rings is 2. The smallest absolute Gasteiger partial charge is 0.319 e. The number of nitrogens with one attached hydrogen (secondary N) is 3. The lowest BCUT2D eigenvalue weighted by atomic mass is 10.2. The van der Waals surface area contributed by atoms with Gasteiger partial charge in [-0.3, -0.25) is 4.79 Å². The molecule has 6 heteroatoms. The van der Waals surface area contributed by atoms with E-state index in [1.165, 1.54) is 0 Å². The van der Waals surface area contributed by atoms with Gasteiger partial charge in [-0.15, -0.1) is 0 Å². The average molecular weight is 368 g/mol. The first-order valence-electron chi connectivity index (χ1n) is 9.21. The van der Waals surface area contributed by atoms with Crippen molar-refractivity contribution in [3.8, 4) is 0 Å². The summed E-state index contributed by atoms with van der Waals surface area (Å²) < 4.78 is 0. The maximum Gasteiger partial charge on any atom is 0.319 e. The summed E-state index contributed by atoms with van der Waals surface area (Å²) in [6.45, 7) is 5.14. The number of urea groups is 1. The van der Waals surface area contributed by atoms with Crippen molar-refractivity contribution in [2.24, 2.45) is 0 Å². The molecule has 2 aromatic carbocycles. The van der Waals surface area contributed by atoms with Gasteiger partial charge in [0.05, 0.1) is 0 Å². The van der Waals surface area contributed by atoms with E-state index in [2.05, 4.69) is 33.0 Å². The second-order valence-electron chi connectivity index (χ2n) is 6.42. The van der Waals surface area contributed by atoms with E-state index in [0.717, 1.165) is 24.2 Å². The molecular formula is C21H28N4O2. The minimum atomic E-state index is -0.251. The number of hydrogen-bond donors (Lipinski definition) is 3. The lowest BCUT2D eigenvalue weighted by Crippen LogP contribution is -2.31. The summed E-state index contributed by atoms with van der Waals surface area (Å²) >= 11 is 0. The predicted octanol–water partition coefficient (Wildman–Crippen LogP) is 3.99. The minimum Gasteiger partial charge on any atom is -0.375 e. The van der Waals surface area contributed by atoms with Crippen LogP contribution in [0.4, 0.5) is 21.9 Å². The molecule has 0 spiro atoms. The third-order valence-corrected chi connectivity index (χ3v) is 4.24. The highest BCUT2D eigenvalue weighted by Crippen LogP contribution is 2.20. The van der Waals surface area contributed by atoms with Gasteiger partial charge in [-0.25, -0.2) is 4.79 Å². The summed E-state index contributed by atoms with van der Waals surface area (Å²) in [6, 6.07) is 15.4. The lowest BCUT2D eigenvalue weighted by molar-refractivity contribution is -0.115. The van der Waals surface area contributed by atoms with Crippen molar-refractivity contribution in [2.45, 2.75) is 26.7 Å². The number of aryl methyl sites for hydroxylation is 1. The van der Waals surface area contributed by atoms with E-state index in [9.17, 15) is 9.59 Å². The molecule has 0 aliphatic rings. The Morgan fingerprint density at radius 2 is 1.78 bits per heavy atom. The molecule has 2 rings (SSSR count). The molecule has 0 unspecified atom stereocenters. The number of nitrogens with zero attached hydrogens (tertiary/aromatic N) is 1. The molecule has 0 radical (unpaired) electrons. The summed E-state index contributed by atoms with van der Waals surface area (Å²) in [7, 11) is 2.04. The van der Waals surface area contributed by atoms with E-state index < -0.39 is 0 Å². The Labute approximate surface area is 161 Å². The van der Waals surface area contributed by atoms with Gasteiger partial charge >= 0.3 is 6.03 Å². The standard InChI is InChI=1S/C21H28N4O2/c1-4-20(26)23-17-12-11-16(2)19(15-17)24-21(27)22-13-8-14-25(3)18-9-6-5-7-10-18/h5-7,9-12,15H,4,8,13-14H2,1-3H3,(H,23,26)(H2,22,24,27). The van der Waals surface area contributed by atoms with Gasteiger partial charge in [0.25, 0.3) is 0 Å². The highest BCUT2D eigenvalue weighted by atomic mass is 16.2. The maximum atomic E-state index is 12.1. The van der Waals surface area contributed by atoms with Gasteiger partial charge in [0.1, 0.15) is 0 Å². The van der Waals surface area contributed by atoms with E-state index in [1.807, 2.05) is 44.3 Å². The van der Waals surface area contributed by atoms with E-state index in [0.29, 0.717) is 24.3 Å². The van der Waals surface area contributed by atoms with Crippen LogP contribution in [-0.2, 0) is 4.79 Å². The topological polar surface area (TPSA) is 73.5 Å². The van der Waals surface area contributed by atoms with Crippen LogP contribution >= 0.6 is 0 Å². The molecule has 0 fully saturated rings. The second kappa shape index (κ2) is 10.2. The largest absolute Gasteiger partial charge is 0.375 e. The fourth-order valence-electron chi connectivity index (χ4n) is 2.58. The van der Waals surface area contributed by atoms with Gasteiger partial charge < -0.3 is 20.9 Å². The van der Waals surface area contributed by atoms with Gasteiger partial charge in [0.15, 0.2) is 0 Å². The fourth-order valence-corrected chi connectivity index (χ4v) is 2.58. The Bertz CT molecular complexity index is 762. The SMILES string of the molecule is CCC(=O)Nc1ccc(C)c(NC(=O)NCCCN(C)c2ccccc2)c1. The molecule has 0 saturated carbocycles. The highest BCUT2D eigenvalue weighted by Gasteiger charge is 2.07. The van der Waals surface area contributed by atoms with Crippen LogP contribution in [0, 0.1) is 6.92 Å². The molecule has 27 heavy (non-hydrogen) atoms. The van der Waals surface area contributed by atoms with Crippen molar-refractivity contribution in [1.82, 2.24) is 5.32 Å². The van der Waals surface area contributed by atoms with E-state index in [1.54, 1.807) is 13.0 Å². The van der Waals surface area contributed by atoms with Gasteiger partial charge in [0.2, 0.25) is 5.91 Å². The summed E-state index contributed by atoms with van der Waals surface area (Å²) in [4.78, 5) is 25.8. The number of carbonyl (C=O) groups is 2. The lowest BCUT2D eigenvalue weighted by Gasteiger charge is -2.19. The first-order chi connectivity index (χ1) is 13.0. The zero-order chi connectivity index (χ0) is 19.6. The van der Waals surface area contributed by atoms with Crippen molar-refractivity contribution in [3.05, 3.63) is 54.1 Å². The van der Waals surface area contributed by atoms with E-state index in [-0.39, 0.29) is 11.9 Å². The molecule has 6 nitrogen and oxygen atoms in total. The normalized spacial score (nSPS) is 10.2. The Morgan fingerprint density at radius 3 is 2.48 bits per heavy atom. The highest BCUT2D eigenvalue weighted by molar-refractivity contribution is 5.94. The molecule has 0 aliphatic carbocycles. The van der Waals surface area contributed by atoms with Crippen LogP contribution in [0.3, 0.4) is 0 Å². The molecular weight excluding hydrogens is 340 g/mol. The quantitative estimate of drug-likeness (QED) is 0.617. The first kappa shape index (κ1) is 20.3. The van der Waals surface area contributed by atoms with Crippen LogP contribution in [-0.4, -0.2) is 32.1 Å². The van der Waals surface area contributed by atoms with Crippen LogP contribution in [0.2, 0.25) is 0 Å². The summed E-state index contributed by atoms with van der Waals surface area (Å²) in [6.07, 6.45) is 1.25. The molecule has 0 bridgehead atoms. The van der Waals surface area contributed by atoms with Crippen LogP contribution in [0.5, 0.6) is 0 Å². The molecule has 0 aromatic heterocycles. The average Bonchev–Trinajstić information content (AvgIpc) is 2.68. The van der Waals surface area contributed by atoms with Crippen molar-refractivity contribution in [3.63, 3.8) is 0 Å². The van der Waals surface area contributed by atoms with Crippen LogP contribution in [0.25, 0.3) is 0 Å². The van der Waals surface area contributed by atoms with Gasteiger partial charge in [0, 0.05) is 43.6 Å². The zero-order valence-electron chi connectivity index (χ0n) is 16.2. The van der Waals surface area contributed by atoms with Crippen LogP contribution in [0.15, 0.2) is 48.5 Å². The third-order valence-electron chi connectivity index (χ3n) is 4.24. The predicted molar refractivity (Wildman–Crippen MR) is 111 cm³/mol. The Kier molecular flexibility index (Phi) is 7.67. The molecule has 0 heterocycles. The van der Waals surface area contributed by atoms with E-state index >= 15 is 0 Å². The number of rotatable bonds is 8. The maximum absolute atomic E-state index is 12.1. The van der Waals surface area contributed by atoms with Crippen LogP contribution < -0.4 is 20.9 Å². The van der Waals surface area contributed by atoms with Gasteiger partial charge in [-0.05, 0) is 43.2 Å². The molecule has 3 amide bonds. The number of carbonyl (C=O) groups excluding carboxylic acids is 2. The Hall–Kier alpha value is -3.02. The summed E-state index contributed by atoms with van der Waals surface area (Å²) in [5.74, 6) is -0.0585. The fraction of sp³-hybridized carbons (Fsp3) is 0.333. The third kappa shape index (κ3) is 6.66. The van der Waals surface area contributed by atoms with Crippen molar-refractivity contribution in [2.75, 3.05) is 35.7 Å². The number of anilines is 3. The number of para-hydroxylation sites is 1. The summed E-state index contributed by atoms with van der Waals surface area (Å²) in [5.41, 5.74) is 3.45. The van der Waals surface area contributed by atoms with Gasteiger partial charge in [-0.1, -0.05) is 31.2 Å². The molecule has 0 atom stereocenters. The Morgan fingerprint density at radius 1 is 1.04 bits per heavy atom. The molecule has 2 aromatic rings. The van der Waals surface area contributed by atoms with Crippen molar-refractivity contribution < 1.29 is 9.59 Å². The number of hydrogen-bond acceptors (Lipinski definition) is 3. The molecule has 144 valence electrons. The number of amides is 3. The second-order valence-corrected chi connectivity index (χ2v) is 6.42. The van der Waals surface area contributed by atoms with Crippen molar-refractivity contribution >= 4 is 29.0 Å². The molecule has 0 aliphatic heterocycles. The minimum absolute atomic E-state index is 0.0585. The molecule has 0 saturated heterocycles. The van der Waals surface area contributed by atoms with Crippen molar-refractivity contribution in [1.29, 1.82) is 0 Å². The van der Waals surface area contributed by atoms with Crippen LogP contribution in [0.1, 0.15) is 25.3 Å². The molecule has 3 N–H and O–H groups in total. The monoisotopic (exact) mass is 368 g/mol. The zero-order valence-corrected chi connectivity index (χ0v) is 16.2.